The van der Waals surface area contributed by atoms with Crippen molar-refractivity contribution < 1.29 is 14.3 Å². The predicted molar refractivity (Wildman–Crippen MR) is 83.5 cm³/mol. The summed E-state index contributed by atoms with van der Waals surface area (Å²) < 4.78 is 14.1. The molecule has 0 aliphatic carbocycles. The lowest BCUT2D eigenvalue weighted by Gasteiger charge is -2.22. The largest absolute Gasteiger partial charge is 0.479 e. The minimum Gasteiger partial charge on any atom is -0.479 e. The van der Waals surface area contributed by atoms with Crippen LogP contribution in [0.15, 0.2) is 18.6 Å². The van der Waals surface area contributed by atoms with E-state index in [4.69, 9.17) is 9.47 Å². The van der Waals surface area contributed by atoms with Crippen LogP contribution >= 0.6 is 0 Å². The molecule has 0 radical (unpaired) electrons. The Morgan fingerprint density at radius 1 is 1.48 bits per heavy atom. The molecule has 1 atom stereocenters. The van der Waals surface area contributed by atoms with Gasteiger partial charge in [-0.05, 0) is 19.3 Å². The highest BCUT2D eigenvalue weighted by Crippen LogP contribution is 2.18. The summed E-state index contributed by atoms with van der Waals surface area (Å²) >= 11 is 0. The third-order valence-corrected chi connectivity index (χ3v) is 3.79. The lowest BCUT2D eigenvalue weighted by molar-refractivity contribution is 0.00401. The maximum Gasteiger partial charge on any atom is 0.262 e. The molecule has 1 N–H and O–H groups in total. The number of ether oxygens (including phenoxy) is 2. The Bertz CT molecular complexity index is 672. The highest BCUT2D eigenvalue weighted by molar-refractivity contribution is 6.05. The van der Waals surface area contributed by atoms with E-state index in [0.717, 1.165) is 19.4 Å². The van der Waals surface area contributed by atoms with Gasteiger partial charge in [0.05, 0.1) is 31.6 Å². The zero-order chi connectivity index (χ0) is 16.2. The molecule has 0 spiro atoms. The van der Waals surface area contributed by atoms with E-state index >= 15 is 0 Å². The van der Waals surface area contributed by atoms with Gasteiger partial charge in [-0.25, -0.2) is 0 Å². The summed E-state index contributed by atoms with van der Waals surface area (Å²) in [4.78, 5) is 12.3. The number of carbonyl (C=O) groups is 1. The number of carbonyl (C=O) groups excluding carboxylic acids is 1. The molecule has 1 aliphatic rings. The lowest BCUT2D eigenvalue weighted by Crippen LogP contribution is -2.24. The molecule has 2 aromatic rings. The molecular formula is C15H21N5O3. The van der Waals surface area contributed by atoms with Gasteiger partial charge in [0.25, 0.3) is 5.91 Å². The van der Waals surface area contributed by atoms with Gasteiger partial charge in [0, 0.05) is 26.0 Å². The fraction of sp³-hybridized carbons (Fsp3) is 0.533. The van der Waals surface area contributed by atoms with Gasteiger partial charge in [-0.1, -0.05) is 0 Å². The standard InChI is InChI=1S/C15H21N5O3/c1-19-10-13(15(18-19)22-2)14(21)17-11-7-16-20(8-11)9-12-5-3-4-6-23-12/h7-8,10,12H,3-6,9H2,1-2H3,(H,17,21)/t12-/m0/s1. The molecule has 2 aromatic heterocycles. The Labute approximate surface area is 134 Å². The van der Waals surface area contributed by atoms with Crippen LogP contribution in [0.25, 0.3) is 0 Å². The zero-order valence-corrected chi connectivity index (χ0v) is 13.4. The number of hydrogen-bond donors (Lipinski definition) is 1. The molecule has 3 heterocycles. The number of nitrogens with zero attached hydrogens (tertiary/aromatic N) is 4. The monoisotopic (exact) mass is 319 g/mol. The Morgan fingerprint density at radius 3 is 3.09 bits per heavy atom. The summed E-state index contributed by atoms with van der Waals surface area (Å²) in [5.41, 5.74) is 1.02. The number of amides is 1. The molecule has 1 amide bonds. The van der Waals surface area contributed by atoms with Crippen LogP contribution in [0.3, 0.4) is 0 Å². The van der Waals surface area contributed by atoms with Crippen LogP contribution in [0.2, 0.25) is 0 Å². The van der Waals surface area contributed by atoms with Crippen molar-refractivity contribution in [1.82, 2.24) is 19.6 Å². The molecule has 124 valence electrons. The van der Waals surface area contributed by atoms with Crippen molar-refractivity contribution in [1.29, 1.82) is 0 Å². The van der Waals surface area contributed by atoms with E-state index in [1.807, 2.05) is 0 Å². The molecule has 0 aromatic carbocycles. The summed E-state index contributed by atoms with van der Waals surface area (Å²) in [6.45, 7) is 1.52. The maximum absolute atomic E-state index is 12.3. The van der Waals surface area contributed by atoms with Crippen LogP contribution in [0.5, 0.6) is 5.88 Å². The van der Waals surface area contributed by atoms with Crippen molar-refractivity contribution in [2.24, 2.45) is 7.05 Å². The molecule has 23 heavy (non-hydrogen) atoms. The van der Waals surface area contributed by atoms with Gasteiger partial charge in [-0.3, -0.25) is 14.2 Å². The van der Waals surface area contributed by atoms with Crippen LogP contribution < -0.4 is 10.1 Å². The van der Waals surface area contributed by atoms with Crippen LogP contribution in [0.1, 0.15) is 29.6 Å². The third kappa shape index (κ3) is 3.70. The SMILES string of the molecule is COc1nn(C)cc1C(=O)Nc1cnn(C[C@@H]2CCCCO2)c1. The third-order valence-electron chi connectivity index (χ3n) is 3.79. The fourth-order valence-corrected chi connectivity index (χ4v) is 2.66. The van der Waals surface area contributed by atoms with E-state index in [0.29, 0.717) is 23.7 Å². The van der Waals surface area contributed by atoms with Crippen molar-refractivity contribution in [3.8, 4) is 5.88 Å². The molecule has 0 saturated carbocycles. The minimum atomic E-state index is -0.275. The zero-order valence-electron chi connectivity index (χ0n) is 13.4. The Hall–Kier alpha value is -2.35. The van der Waals surface area contributed by atoms with Gasteiger partial charge in [0.1, 0.15) is 5.56 Å². The van der Waals surface area contributed by atoms with Gasteiger partial charge in [0.15, 0.2) is 0 Å². The number of hydrogen-bond acceptors (Lipinski definition) is 5. The number of rotatable bonds is 5. The summed E-state index contributed by atoms with van der Waals surface area (Å²) in [5, 5.41) is 11.2. The van der Waals surface area contributed by atoms with E-state index in [2.05, 4.69) is 15.5 Å². The van der Waals surface area contributed by atoms with Crippen molar-refractivity contribution in [2.45, 2.75) is 31.9 Å². The van der Waals surface area contributed by atoms with Gasteiger partial charge >= 0.3 is 0 Å². The average Bonchev–Trinajstić information content (AvgIpc) is 3.14. The number of aryl methyl sites for hydroxylation is 1. The van der Waals surface area contributed by atoms with Crippen molar-refractivity contribution in [3.05, 3.63) is 24.2 Å². The first kappa shape index (κ1) is 15.5. The topological polar surface area (TPSA) is 83.2 Å². The first-order valence-electron chi connectivity index (χ1n) is 7.69. The molecule has 0 unspecified atom stereocenters. The van der Waals surface area contributed by atoms with E-state index in [9.17, 15) is 4.79 Å². The fourth-order valence-electron chi connectivity index (χ4n) is 2.66. The van der Waals surface area contributed by atoms with Crippen molar-refractivity contribution in [2.75, 3.05) is 19.0 Å². The second-order valence-corrected chi connectivity index (χ2v) is 5.62. The van der Waals surface area contributed by atoms with Crippen molar-refractivity contribution in [3.63, 3.8) is 0 Å². The van der Waals surface area contributed by atoms with Crippen LogP contribution in [-0.2, 0) is 18.3 Å². The van der Waals surface area contributed by atoms with Crippen LogP contribution in [0, 0.1) is 0 Å². The molecule has 1 fully saturated rings. The first-order chi connectivity index (χ1) is 11.2. The molecule has 1 saturated heterocycles. The second kappa shape index (κ2) is 6.82. The Morgan fingerprint density at radius 2 is 2.35 bits per heavy atom. The van der Waals surface area contributed by atoms with E-state index in [1.54, 1.807) is 30.3 Å². The van der Waals surface area contributed by atoms with Gasteiger partial charge in [-0.2, -0.15) is 5.10 Å². The van der Waals surface area contributed by atoms with Crippen molar-refractivity contribution >= 4 is 11.6 Å². The van der Waals surface area contributed by atoms with Crippen LogP contribution in [0.4, 0.5) is 5.69 Å². The van der Waals surface area contributed by atoms with Gasteiger partial charge in [-0.15, -0.1) is 5.10 Å². The average molecular weight is 319 g/mol. The Balaban J connectivity index is 1.62. The molecule has 1 aliphatic heterocycles. The van der Waals surface area contributed by atoms with Gasteiger partial charge in [0.2, 0.25) is 5.88 Å². The minimum absolute atomic E-state index is 0.200. The number of aromatic nitrogens is 4. The highest BCUT2D eigenvalue weighted by atomic mass is 16.5. The number of anilines is 1. The smallest absolute Gasteiger partial charge is 0.262 e. The molecule has 8 heteroatoms. The summed E-state index contributed by atoms with van der Waals surface area (Å²) in [6, 6.07) is 0. The molecule has 0 bridgehead atoms. The molecule has 3 rings (SSSR count). The Kier molecular flexibility index (Phi) is 4.61. The summed E-state index contributed by atoms with van der Waals surface area (Å²) in [7, 11) is 3.23. The van der Waals surface area contributed by atoms with E-state index in [1.165, 1.54) is 18.2 Å². The summed E-state index contributed by atoms with van der Waals surface area (Å²) in [6.07, 6.45) is 8.62. The lowest BCUT2D eigenvalue weighted by atomic mass is 10.1. The number of methoxy groups -OCH3 is 1. The first-order valence-corrected chi connectivity index (χ1v) is 7.69. The molecule has 8 nitrogen and oxygen atoms in total. The predicted octanol–water partition coefficient (Wildman–Crippen LogP) is 1.45. The maximum atomic E-state index is 12.3. The van der Waals surface area contributed by atoms with Gasteiger partial charge < -0.3 is 14.8 Å². The normalized spacial score (nSPS) is 17.9. The molecular weight excluding hydrogens is 298 g/mol. The second-order valence-electron chi connectivity index (χ2n) is 5.62. The number of nitrogens with one attached hydrogen (secondary N) is 1. The highest BCUT2D eigenvalue weighted by Gasteiger charge is 2.18. The van der Waals surface area contributed by atoms with Crippen LogP contribution in [-0.4, -0.2) is 45.3 Å². The van der Waals surface area contributed by atoms with E-state index < -0.39 is 0 Å². The van der Waals surface area contributed by atoms with E-state index in [-0.39, 0.29) is 12.0 Å². The summed E-state index contributed by atoms with van der Waals surface area (Å²) in [5.74, 6) is 0.0245. The quantitative estimate of drug-likeness (QED) is 0.902.